The number of nitrogens with zero attached hydrogens (tertiary/aromatic N) is 4. The summed E-state index contributed by atoms with van der Waals surface area (Å²) >= 11 is 0. The van der Waals surface area contributed by atoms with Gasteiger partial charge in [-0.1, -0.05) is 24.3 Å². The van der Waals surface area contributed by atoms with Gasteiger partial charge in [0.1, 0.15) is 18.1 Å². The van der Waals surface area contributed by atoms with Gasteiger partial charge in [0.15, 0.2) is 0 Å². The van der Waals surface area contributed by atoms with Gasteiger partial charge in [-0.15, -0.1) is 0 Å². The number of nitriles is 1. The molecule has 0 spiro atoms. The van der Waals surface area contributed by atoms with Gasteiger partial charge in [0.25, 0.3) is 5.91 Å². The number of carbonyl (C=O) groups is 1. The summed E-state index contributed by atoms with van der Waals surface area (Å²) in [6.45, 7) is 1.90. The maximum atomic E-state index is 12.2. The van der Waals surface area contributed by atoms with Crippen molar-refractivity contribution in [2.75, 3.05) is 0 Å². The van der Waals surface area contributed by atoms with E-state index < -0.39 is 0 Å². The Morgan fingerprint density at radius 1 is 1.04 bits per heavy atom. The van der Waals surface area contributed by atoms with Gasteiger partial charge in [0.05, 0.1) is 11.6 Å². The molecule has 0 aliphatic rings. The molecule has 1 amide bonds. The van der Waals surface area contributed by atoms with Crippen LogP contribution in [0.25, 0.3) is 11.1 Å². The van der Waals surface area contributed by atoms with Gasteiger partial charge >= 0.3 is 0 Å². The molecule has 25 heavy (non-hydrogen) atoms. The van der Waals surface area contributed by atoms with E-state index in [1.165, 1.54) is 12.5 Å². The molecule has 0 bridgehead atoms. The Morgan fingerprint density at radius 2 is 1.76 bits per heavy atom. The number of hydrogen-bond donors (Lipinski definition) is 1. The third kappa shape index (κ3) is 3.85. The van der Waals surface area contributed by atoms with Gasteiger partial charge in [-0.2, -0.15) is 5.26 Å². The summed E-state index contributed by atoms with van der Waals surface area (Å²) < 4.78 is 0. The van der Waals surface area contributed by atoms with E-state index in [0.29, 0.717) is 5.56 Å². The van der Waals surface area contributed by atoms with Crippen molar-refractivity contribution < 1.29 is 4.79 Å². The summed E-state index contributed by atoms with van der Waals surface area (Å²) in [6, 6.07) is 12.8. The fourth-order valence-electron chi connectivity index (χ4n) is 2.36. The molecule has 0 aliphatic carbocycles. The SMILES string of the molecule is C[C@H](NC(=O)c1ccc(C#N)cn1)c1ccc(-c2cncnc2)cc1. The van der Waals surface area contributed by atoms with Crippen LogP contribution in [0.15, 0.2) is 61.3 Å². The lowest BCUT2D eigenvalue weighted by molar-refractivity contribution is 0.0935. The zero-order valence-electron chi connectivity index (χ0n) is 13.5. The first-order chi connectivity index (χ1) is 12.2. The van der Waals surface area contributed by atoms with Crippen LogP contribution in [0.4, 0.5) is 0 Å². The van der Waals surface area contributed by atoms with Crippen molar-refractivity contribution >= 4 is 5.91 Å². The molecular formula is C19H15N5O. The second kappa shape index (κ2) is 7.32. The molecule has 0 radical (unpaired) electrons. The van der Waals surface area contributed by atoms with Gasteiger partial charge in [0.2, 0.25) is 0 Å². The van der Waals surface area contributed by atoms with Crippen LogP contribution in [-0.2, 0) is 0 Å². The highest BCUT2D eigenvalue weighted by atomic mass is 16.1. The predicted octanol–water partition coefficient (Wildman–Crippen LogP) is 2.90. The van der Waals surface area contributed by atoms with Crippen molar-refractivity contribution in [3.63, 3.8) is 0 Å². The number of pyridine rings is 1. The molecule has 0 saturated heterocycles. The van der Waals surface area contributed by atoms with Gasteiger partial charge in [-0.05, 0) is 30.2 Å². The molecule has 1 N–H and O–H groups in total. The summed E-state index contributed by atoms with van der Waals surface area (Å²) in [7, 11) is 0. The molecule has 1 aromatic carbocycles. The van der Waals surface area contributed by atoms with Crippen molar-refractivity contribution in [1.29, 1.82) is 5.26 Å². The summed E-state index contributed by atoms with van der Waals surface area (Å²) in [4.78, 5) is 24.3. The van der Waals surface area contributed by atoms with Crippen molar-refractivity contribution in [2.24, 2.45) is 0 Å². The summed E-state index contributed by atoms with van der Waals surface area (Å²) in [6.07, 6.45) is 6.39. The van der Waals surface area contributed by atoms with Crippen LogP contribution in [0.5, 0.6) is 0 Å². The predicted molar refractivity (Wildman–Crippen MR) is 92.3 cm³/mol. The minimum absolute atomic E-state index is 0.175. The molecule has 6 nitrogen and oxygen atoms in total. The van der Waals surface area contributed by atoms with E-state index >= 15 is 0 Å². The average molecular weight is 329 g/mol. The first-order valence-corrected chi connectivity index (χ1v) is 7.70. The Kier molecular flexibility index (Phi) is 4.77. The normalized spacial score (nSPS) is 11.4. The van der Waals surface area contributed by atoms with E-state index in [4.69, 9.17) is 5.26 Å². The minimum atomic E-state index is -0.280. The number of nitrogens with one attached hydrogen (secondary N) is 1. The Bertz CT molecular complexity index is 899. The number of aromatic nitrogens is 3. The molecule has 1 atom stereocenters. The average Bonchev–Trinajstić information content (AvgIpc) is 2.68. The molecule has 2 heterocycles. The van der Waals surface area contributed by atoms with E-state index in [-0.39, 0.29) is 17.6 Å². The van der Waals surface area contributed by atoms with Gasteiger partial charge in [-0.3, -0.25) is 4.79 Å². The maximum absolute atomic E-state index is 12.2. The van der Waals surface area contributed by atoms with Gasteiger partial charge in [0, 0.05) is 24.2 Å². The Morgan fingerprint density at radius 3 is 2.36 bits per heavy atom. The van der Waals surface area contributed by atoms with Crippen LogP contribution < -0.4 is 5.32 Å². The molecule has 122 valence electrons. The number of carbonyl (C=O) groups excluding carboxylic acids is 1. The van der Waals surface area contributed by atoms with Crippen LogP contribution in [0.2, 0.25) is 0 Å². The number of amides is 1. The quantitative estimate of drug-likeness (QED) is 0.794. The monoisotopic (exact) mass is 329 g/mol. The largest absolute Gasteiger partial charge is 0.344 e. The van der Waals surface area contributed by atoms with E-state index in [1.807, 2.05) is 37.3 Å². The molecule has 0 saturated carbocycles. The molecule has 0 unspecified atom stereocenters. The van der Waals surface area contributed by atoms with Crippen molar-refractivity contribution in [3.8, 4) is 17.2 Å². The zero-order valence-corrected chi connectivity index (χ0v) is 13.5. The van der Waals surface area contributed by atoms with Crippen molar-refractivity contribution in [3.05, 3.63) is 78.1 Å². The van der Waals surface area contributed by atoms with Crippen LogP contribution in [0.3, 0.4) is 0 Å². The standard InChI is InChI=1S/C19H15N5O/c1-13(24-19(25)18-7-2-14(8-20)9-23-18)15-3-5-16(6-4-15)17-10-21-12-22-11-17/h2-7,9-13H,1H3,(H,24,25)/t13-/m0/s1. The van der Waals surface area contributed by atoms with E-state index in [9.17, 15) is 4.79 Å². The van der Waals surface area contributed by atoms with E-state index in [2.05, 4.69) is 20.3 Å². The highest BCUT2D eigenvalue weighted by Crippen LogP contribution is 2.20. The minimum Gasteiger partial charge on any atom is -0.344 e. The zero-order chi connectivity index (χ0) is 17.6. The molecule has 0 aliphatic heterocycles. The van der Waals surface area contributed by atoms with Crippen LogP contribution in [0, 0.1) is 11.3 Å². The lowest BCUT2D eigenvalue weighted by Crippen LogP contribution is -2.27. The van der Waals surface area contributed by atoms with Crippen LogP contribution >= 0.6 is 0 Å². The van der Waals surface area contributed by atoms with E-state index in [0.717, 1.165) is 16.7 Å². The highest BCUT2D eigenvalue weighted by molar-refractivity contribution is 5.92. The Labute approximate surface area is 145 Å². The molecular weight excluding hydrogens is 314 g/mol. The maximum Gasteiger partial charge on any atom is 0.270 e. The fraction of sp³-hybridized carbons (Fsp3) is 0.105. The third-order valence-electron chi connectivity index (χ3n) is 3.78. The number of hydrogen-bond acceptors (Lipinski definition) is 5. The smallest absolute Gasteiger partial charge is 0.270 e. The fourth-order valence-corrected chi connectivity index (χ4v) is 2.36. The second-order valence-corrected chi connectivity index (χ2v) is 5.49. The van der Waals surface area contributed by atoms with E-state index in [1.54, 1.807) is 24.5 Å². The topological polar surface area (TPSA) is 91.6 Å². The first-order valence-electron chi connectivity index (χ1n) is 7.70. The lowest BCUT2D eigenvalue weighted by Gasteiger charge is -2.14. The van der Waals surface area contributed by atoms with Crippen molar-refractivity contribution in [2.45, 2.75) is 13.0 Å². The third-order valence-corrected chi connectivity index (χ3v) is 3.78. The second-order valence-electron chi connectivity index (χ2n) is 5.49. The van der Waals surface area contributed by atoms with Crippen molar-refractivity contribution in [1.82, 2.24) is 20.3 Å². The molecule has 6 heteroatoms. The van der Waals surface area contributed by atoms with Crippen LogP contribution in [0.1, 0.15) is 34.6 Å². The molecule has 3 aromatic rings. The number of rotatable bonds is 4. The summed E-state index contributed by atoms with van der Waals surface area (Å²) in [5.74, 6) is -0.280. The lowest BCUT2D eigenvalue weighted by atomic mass is 10.0. The molecule has 2 aromatic heterocycles. The first kappa shape index (κ1) is 16.3. The van der Waals surface area contributed by atoms with Crippen LogP contribution in [-0.4, -0.2) is 20.9 Å². The Balaban J connectivity index is 1.69. The summed E-state index contributed by atoms with van der Waals surface area (Å²) in [5.41, 5.74) is 3.63. The number of benzene rings is 1. The highest BCUT2D eigenvalue weighted by Gasteiger charge is 2.12. The van der Waals surface area contributed by atoms with Gasteiger partial charge < -0.3 is 5.32 Å². The Hall–Kier alpha value is -3.59. The molecule has 3 rings (SSSR count). The van der Waals surface area contributed by atoms with Gasteiger partial charge in [-0.25, -0.2) is 15.0 Å². The summed E-state index contributed by atoms with van der Waals surface area (Å²) in [5, 5.41) is 11.7. The molecule has 0 fully saturated rings.